The molecule has 2 aromatic carbocycles. The zero-order chi connectivity index (χ0) is 20.1. The first-order valence-electron chi connectivity index (χ1n) is 9.27. The van der Waals surface area contributed by atoms with Crippen molar-refractivity contribution in [2.45, 2.75) is 0 Å². The van der Waals surface area contributed by atoms with Gasteiger partial charge >= 0.3 is 0 Å². The molecule has 8 nitrogen and oxygen atoms in total. The summed E-state index contributed by atoms with van der Waals surface area (Å²) < 4.78 is 12.5. The Morgan fingerprint density at radius 2 is 1.86 bits per heavy atom. The fourth-order valence-electron chi connectivity index (χ4n) is 2.90. The largest absolute Gasteiger partial charge is 0.506 e. The number of para-hydroxylation sites is 2. The molecule has 8 heteroatoms. The maximum Gasteiger partial charge on any atom is 0.141 e. The molecule has 0 aliphatic carbocycles. The van der Waals surface area contributed by atoms with Gasteiger partial charge in [0.05, 0.1) is 30.6 Å². The molecule has 0 atom stereocenters. The van der Waals surface area contributed by atoms with Gasteiger partial charge in [0.15, 0.2) is 0 Å². The van der Waals surface area contributed by atoms with E-state index in [1.807, 2.05) is 36.4 Å². The van der Waals surface area contributed by atoms with E-state index in [9.17, 15) is 5.11 Å². The standard InChI is InChI=1S/C21H21N5O3/c22-9-10-28-11-12-29-16-6-8-17-15(13-16)5-7-18(23-17)19-14-26(25-24-19)20-3-1-2-4-21(20)27/h1-8,13-14,27H,9-12,22H2. The van der Waals surface area contributed by atoms with Gasteiger partial charge in [-0.25, -0.2) is 9.67 Å². The van der Waals surface area contributed by atoms with Gasteiger partial charge in [-0.1, -0.05) is 23.4 Å². The van der Waals surface area contributed by atoms with Crippen molar-refractivity contribution in [1.29, 1.82) is 0 Å². The van der Waals surface area contributed by atoms with Gasteiger partial charge in [0.1, 0.15) is 29.5 Å². The van der Waals surface area contributed by atoms with Crippen LogP contribution in [0, 0.1) is 0 Å². The van der Waals surface area contributed by atoms with Gasteiger partial charge in [-0.05, 0) is 36.4 Å². The van der Waals surface area contributed by atoms with Crippen molar-refractivity contribution in [3.63, 3.8) is 0 Å². The highest BCUT2D eigenvalue weighted by Gasteiger charge is 2.10. The Bertz CT molecular complexity index is 1110. The predicted octanol–water partition coefficient (Wildman–Crippen LogP) is 2.54. The first kappa shape index (κ1) is 18.9. The molecule has 0 amide bonds. The normalized spacial score (nSPS) is 11.1. The van der Waals surface area contributed by atoms with Crippen LogP contribution in [0.4, 0.5) is 0 Å². The molecule has 0 saturated carbocycles. The molecule has 4 rings (SSSR count). The van der Waals surface area contributed by atoms with E-state index in [1.54, 1.807) is 24.4 Å². The Hall–Kier alpha value is -3.49. The summed E-state index contributed by atoms with van der Waals surface area (Å²) in [6.45, 7) is 2.00. The fraction of sp³-hybridized carbons (Fsp3) is 0.190. The van der Waals surface area contributed by atoms with E-state index < -0.39 is 0 Å². The van der Waals surface area contributed by atoms with Crippen molar-refractivity contribution in [2.24, 2.45) is 5.73 Å². The molecule has 0 spiro atoms. The monoisotopic (exact) mass is 391 g/mol. The number of nitrogens with two attached hydrogens (primary N) is 1. The van der Waals surface area contributed by atoms with Crippen molar-refractivity contribution in [2.75, 3.05) is 26.4 Å². The number of hydrogen-bond donors (Lipinski definition) is 2. The zero-order valence-electron chi connectivity index (χ0n) is 15.7. The number of fused-ring (bicyclic) bond motifs is 1. The number of aromatic hydroxyl groups is 1. The summed E-state index contributed by atoms with van der Waals surface area (Å²) >= 11 is 0. The highest BCUT2D eigenvalue weighted by molar-refractivity contribution is 5.82. The highest BCUT2D eigenvalue weighted by Crippen LogP contribution is 2.25. The topological polar surface area (TPSA) is 108 Å². The number of rotatable bonds is 8. The summed E-state index contributed by atoms with van der Waals surface area (Å²) in [4.78, 5) is 4.66. The van der Waals surface area contributed by atoms with Gasteiger partial charge in [-0.2, -0.15) is 0 Å². The molecule has 0 fully saturated rings. The van der Waals surface area contributed by atoms with Crippen LogP contribution in [0.25, 0.3) is 28.0 Å². The Labute approximate surface area is 167 Å². The Morgan fingerprint density at radius 1 is 0.966 bits per heavy atom. The molecule has 0 aliphatic heterocycles. The number of benzene rings is 2. The fourth-order valence-corrected chi connectivity index (χ4v) is 2.90. The van der Waals surface area contributed by atoms with Crippen LogP contribution in [-0.4, -0.2) is 51.4 Å². The molecular weight excluding hydrogens is 370 g/mol. The quantitative estimate of drug-likeness (QED) is 0.444. The lowest BCUT2D eigenvalue weighted by Gasteiger charge is -2.08. The Morgan fingerprint density at radius 3 is 2.72 bits per heavy atom. The SMILES string of the molecule is NCCOCCOc1ccc2nc(-c3cn(-c4ccccc4O)nn3)ccc2c1. The summed E-state index contributed by atoms with van der Waals surface area (Å²) in [6, 6.07) is 16.5. The molecule has 29 heavy (non-hydrogen) atoms. The van der Waals surface area contributed by atoms with E-state index in [2.05, 4.69) is 15.3 Å². The van der Waals surface area contributed by atoms with Gasteiger partial charge < -0.3 is 20.3 Å². The minimum Gasteiger partial charge on any atom is -0.506 e. The van der Waals surface area contributed by atoms with E-state index in [1.165, 1.54) is 4.68 Å². The molecule has 4 aromatic rings. The van der Waals surface area contributed by atoms with E-state index in [-0.39, 0.29) is 5.75 Å². The second-order valence-corrected chi connectivity index (χ2v) is 6.34. The first-order chi connectivity index (χ1) is 14.2. The Balaban J connectivity index is 1.51. The number of aromatic nitrogens is 4. The average molecular weight is 391 g/mol. The van der Waals surface area contributed by atoms with Gasteiger partial charge in [-0.3, -0.25) is 0 Å². The minimum atomic E-state index is 0.136. The molecule has 2 aromatic heterocycles. The van der Waals surface area contributed by atoms with Crippen molar-refractivity contribution in [3.8, 4) is 28.6 Å². The molecule has 0 bridgehead atoms. The lowest BCUT2D eigenvalue weighted by Crippen LogP contribution is -2.13. The maximum absolute atomic E-state index is 9.99. The molecule has 148 valence electrons. The summed E-state index contributed by atoms with van der Waals surface area (Å²) in [5.74, 6) is 0.894. The highest BCUT2D eigenvalue weighted by atomic mass is 16.5. The summed E-state index contributed by atoms with van der Waals surface area (Å²) in [7, 11) is 0. The van der Waals surface area contributed by atoms with Gasteiger partial charge in [0.2, 0.25) is 0 Å². The van der Waals surface area contributed by atoms with Crippen LogP contribution in [0.15, 0.2) is 60.8 Å². The van der Waals surface area contributed by atoms with Crippen molar-refractivity contribution in [1.82, 2.24) is 20.0 Å². The van der Waals surface area contributed by atoms with E-state index in [0.717, 1.165) is 16.7 Å². The molecular formula is C21H21N5O3. The number of nitrogens with zero attached hydrogens (tertiary/aromatic N) is 4. The average Bonchev–Trinajstić information content (AvgIpc) is 3.23. The van der Waals surface area contributed by atoms with E-state index in [4.69, 9.17) is 15.2 Å². The van der Waals surface area contributed by atoms with Crippen LogP contribution in [0.3, 0.4) is 0 Å². The number of hydrogen-bond acceptors (Lipinski definition) is 7. The number of phenols is 1. The third kappa shape index (κ3) is 4.34. The van der Waals surface area contributed by atoms with Crippen LogP contribution < -0.4 is 10.5 Å². The lowest BCUT2D eigenvalue weighted by molar-refractivity contribution is 0.106. The van der Waals surface area contributed by atoms with Crippen LogP contribution in [0.5, 0.6) is 11.5 Å². The van der Waals surface area contributed by atoms with Gasteiger partial charge in [0.25, 0.3) is 0 Å². The van der Waals surface area contributed by atoms with Crippen LogP contribution >= 0.6 is 0 Å². The smallest absolute Gasteiger partial charge is 0.141 e. The maximum atomic E-state index is 9.99. The van der Waals surface area contributed by atoms with Crippen LogP contribution in [0.1, 0.15) is 0 Å². The van der Waals surface area contributed by atoms with Crippen LogP contribution in [0.2, 0.25) is 0 Å². The van der Waals surface area contributed by atoms with Gasteiger partial charge in [0, 0.05) is 11.9 Å². The number of pyridine rings is 1. The summed E-state index contributed by atoms with van der Waals surface area (Å²) in [5, 5.41) is 19.2. The number of ether oxygens (including phenoxy) is 2. The zero-order valence-corrected chi connectivity index (χ0v) is 15.7. The molecule has 0 radical (unpaired) electrons. The summed E-state index contributed by atoms with van der Waals surface area (Å²) in [5.41, 5.74) is 8.08. The minimum absolute atomic E-state index is 0.136. The van der Waals surface area contributed by atoms with Gasteiger partial charge in [-0.15, -0.1) is 5.10 Å². The second-order valence-electron chi connectivity index (χ2n) is 6.34. The third-order valence-corrected chi connectivity index (χ3v) is 4.30. The van der Waals surface area contributed by atoms with E-state index >= 15 is 0 Å². The van der Waals surface area contributed by atoms with Crippen molar-refractivity contribution in [3.05, 3.63) is 60.8 Å². The third-order valence-electron chi connectivity index (χ3n) is 4.30. The van der Waals surface area contributed by atoms with Crippen molar-refractivity contribution < 1.29 is 14.6 Å². The second kappa shape index (κ2) is 8.68. The molecule has 3 N–H and O–H groups in total. The molecule has 2 heterocycles. The summed E-state index contributed by atoms with van der Waals surface area (Å²) in [6.07, 6.45) is 1.74. The molecule has 0 unspecified atom stereocenters. The molecule has 0 aliphatic rings. The number of phenolic OH excluding ortho intramolecular Hbond substituents is 1. The molecule has 0 saturated heterocycles. The predicted molar refractivity (Wildman–Crippen MR) is 109 cm³/mol. The van der Waals surface area contributed by atoms with E-state index in [0.29, 0.717) is 43.4 Å². The lowest BCUT2D eigenvalue weighted by atomic mass is 10.2. The Kier molecular flexibility index (Phi) is 5.64. The van der Waals surface area contributed by atoms with Crippen LogP contribution in [-0.2, 0) is 4.74 Å². The van der Waals surface area contributed by atoms with Crippen molar-refractivity contribution >= 4 is 10.9 Å². The first-order valence-corrected chi connectivity index (χ1v) is 9.27.